The molecule has 0 spiro atoms. The maximum Gasteiger partial charge on any atom is 0.205 e. The number of aromatic nitrogens is 2. The van der Waals surface area contributed by atoms with Crippen molar-refractivity contribution in [3.63, 3.8) is 0 Å². The van der Waals surface area contributed by atoms with Gasteiger partial charge in [-0.25, -0.2) is 9.37 Å². The number of fused-ring (bicyclic) bond motifs is 1. The monoisotopic (exact) mass is 309 g/mol. The molecule has 0 aliphatic carbocycles. The van der Waals surface area contributed by atoms with Crippen LogP contribution in [0, 0.1) is 12.7 Å². The highest BCUT2D eigenvalue weighted by molar-refractivity contribution is 6.35. The molecule has 0 radical (unpaired) electrons. The van der Waals surface area contributed by atoms with Gasteiger partial charge in [-0.05, 0) is 36.8 Å². The van der Waals surface area contributed by atoms with Crippen LogP contribution in [0.1, 0.15) is 5.56 Å². The number of hydrogen-bond donors (Lipinski definition) is 1. The van der Waals surface area contributed by atoms with Gasteiger partial charge >= 0.3 is 0 Å². The summed E-state index contributed by atoms with van der Waals surface area (Å²) in [4.78, 5) is 4.16. The molecule has 0 unspecified atom stereocenters. The van der Waals surface area contributed by atoms with Gasteiger partial charge in [0.2, 0.25) is 5.95 Å². The number of hydrogen-bond acceptors (Lipinski definition) is 2. The van der Waals surface area contributed by atoms with Crippen LogP contribution in [0.15, 0.2) is 30.3 Å². The van der Waals surface area contributed by atoms with E-state index >= 15 is 0 Å². The molecule has 3 rings (SSSR count). The van der Waals surface area contributed by atoms with Crippen molar-refractivity contribution in [2.45, 2.75) is 6.92 Å². The van der Waals surface area contributed by atoms with Gasteiger partial charge in [0.15, 0.2) is 0 Å². The minimum Gasteiger partial charge on any atom is -0.369 e. The van der Waals surface area contributed by atoms with Gasteiger partial charge in [-0.15, -0.1) is 0 Å². The lowest BCUT2D eigenvalue weighted by Crippen LogP contribution is -2.01. The van der Waals surface area contributed by atoms with Gasteiger partial charge in [-0.2, -0.15) is 0 Å². The Kier molecular flexibility index (Phi) is 3.07. The standard InChI is InChI=1S/C14H10Cl2FN3/c1-7-4-13-11(6-10(7)17)19-14(18)20(13)12-3-2-8(15)5-9(12)16/h2-6H,1H3,(H2,18,19). The highest BCUT2D eigenvalue weighted by Crippen LogP contribution is 2.30. The highest BCUT2D eigenvalue weighted by atomic mass is 35.5. The largest absolute Gasteiger partial charge is 0.369 e. The van der Waals surface area contributed by atoms with Gasteiger partial charge in [-0.3, -0.25) is 4.57 Å². The summed E-state index contributed by atoms with van der Waals surface area (Å²) in [5.41, 5.74) is 8.28. The summed E-state index contributed by atoms with van der Waals surface area (Å²) in [6.07, 6.45) is 0. The SMILES string of the molecule is Cc1cc2c(cc1F)nc(N)n2-c1ccc(Cl)cc1Cl. The number of aryl methyl sites for hydroxylation is 1. The molecule has 0 saturated carbocycles. The van der Waals surface area contributed by atoms with Crippen molar-refractivity contribution in [3.05, 3.63) is 51.8 Å². The zero-order valence-electron chi connectivity index (χ0n) is 10.5. The Morgan fingerprint density at radius 1 is 1.20 bits per heavy atom. The van der Waals surface area contributed by atoms with Gasteiger partial charge in [0.05, 0.1) is 21.7 Å². The Morgan fingerprint density at radius 3 is 2.65 bits per heavy atom. The zero-order valence-corrected chi connectivity index (χ0v) is 12.0. The summed E-state index contributed by atoms with van der Waals surface area (Å²) < 4.78 is 15.3. The van der Waals surface area contributed by atoms with E-state index in [9.17, 15) is 4.39 Å². The number of imidazole rings is 1. The minimum atomic E-state index is -0.315. The maximum absolute atomic E-state index is 13.6. The predicted molar refractivity (Wildman–Crippen MR) is 80.2 cm³/mol. The third-order valence-corrected chi connectivity index (χ3v) is 3.65. The molecule has 1 heterocycles. The Balaban J connectivity index is 2.35. The molecule has 102 valence electrons. The summed E-state index contributed by atoms with van der Waals surface area (Å²) in [5, 5.41) is 0.981. The number of nitrogens with two attached hydrogens (primary N) is 1. The molecule has 3 aromatic rings. The van der Waals surface area contributed by atoms with Crippen molar-refractivity contribution < 1.29 is 4.39 Å². The molecule has 2 N–H and O–H groups in total. The summed E-state index contributed by atoms with van der Waals surface area (Å²) >= 11 is 12.1. The predicted octanol–water partition coefficient (Wildman–Crippen LogP) is 4.36. The van der Waals surface area contributed by atoms with E-state index in [1.54, 1.807) is 35.8 Å². The highest BCUT2D eigenvalue weighted by Gasteiger charge is 2.14. The summed E-state index contributed by atoms with van der Waals surface area (Å²) in [7, 11) is 0. The second kappa shape index (κ2) is 4.65. The van der Waals surface area contributed by atoms with Gasteiger partial charge in [0.25, 0.3) is 0 Å². The molecule has 0 saturated heterocycles. The van der Waals surface area contributed by atoms with E-state index in [1.807, 2.05) is 0 Å². The average molecular weight is 310 g/mol. The van der Waals surface area contributed by atoms with Crippen molar-refractivity contribution in [2.24, 2.45) is 0 Å². The molecule has 0 atom stereocenters. The molecule has 0 aliphatic heterocycles. The van der Waals surface area contributed by atoms with Gasteiger partial charge in [-0.1, -0.05) is 23.2 Å². The fraction of sp³-hybridized carbons (Fsp3) is 0.0714. The number of benzene rings is 2. The molecule has 20 heavy (non-hydrogen) atoms. The van der Waals surface area contributed by atoms with Crippen molar-refractivity contribution in [1.29, 1.82) is 0 Å². The van der Waals surface area contributed by atoms with Gasteiger partial charge in [0.1, 0.15) is 5.82 Å². The summed E-state index contributed by atoms with van der Waals surface area (Å²) in [6.45, 7) is 1.69. The van der Waals surface area contributed by atoms with Crippen molar-refractivity contribution in [1.82, 2.24) is 9.55 Å². The van der Waals surface area contributed by atoms with Crippen LogP contribution >= 0.6 is 23.2 Å². The summed E-state index contributed by atoms with van der Waals surface area (Å²) in [6, 6.07) is 8.14. The van der Waals surface area contributed by atoms with E-state index in [-0.39, 0.29) is 11.8 Å². The molecule has 3 nitrogen and oxygen atoms in total. The Hall–Kier alpha value is -1.78. The first kappa shape index (κ1) is 13.2. The number of nitrogen functional groups attached to an aromatic ring is 1. The maximum atomic E-state index is 13.6. The molecule has 2 aromatic carbocycles. The van der Waals surface area contributed by atoms with Crippen molar-refractivity contribution in [2.75, 3.05) is 5.73 Å². The lowest BCUT2D eigenvalue weighted by Gasteiger charge is -2.09. The zero-order chi connectivity index (χ0) is 14.4. The number of halogens is 3. The number of rotatable bonds is 1. The van der Waals surface area contributed by atoms with Crippen LogP contribution in [-0.4, -0.2) is 9.55 Å². The summed E-state index contributed by atoms with van der Waals surface area (Å²) in [5.74, 6) is -0.0708. The molecule has 1 aromatic heterocycles. The lowest BCUT2D eigenvalue weighted by atomic mass is 10.2. The Morgan fingerprint density at radius 2 is 1.95 bits per heavy atom. The van der Waals surface area contributed by atoms with Gasteiger partial charge < -0.3 is 5.73 Å². The van der Waals surface area contributed by atoms with Crippen LogP contribution in [0.3, 0.4) is 0 Å². The normalized spacial score (nSPS) is 11.2. The average Bonchev–Trinajstić information content (AvgIpc) is 2.66. The van der Waals surface area contributed by atoms with E-state index < -0.39 is 0 Å². The number of nitrogens with zero attached hydrogens (tertiary/aromatic N) is 2. The molecular formula is C14H10Cl2FN3. The lowest BCUT2D eigenvalue weighted by molar-refractivity contribution is 0.620. The van der Waals surface area contributed by atoms with Crippen LogP contribution < -0.4 is 5.73 Å². The van der Waals surface area contributed by atoms with Crippen LogP contribution in [-0.2, 0) is 0 Å². The quantitative estimate of drug-likeness (QED) is 0.725. The van der Waals surface area contributed by atoms with Crippen LogP contribution in [0.4, 0.5) is 10.3 Å². The first-order valence-electron chi connectivity index (χ1n) is 5.87. The topological polar surface area (TPSA) is 43.8 Å². The van der Waals surface area contributed by atoms with E-state index in [0.29, 0.717) is 32.3 Å². The minimum absolute atomic E-state index is 0.245. The van der Waals surface area contributed by atoms with Crippen molar-refractivity contribution in [3.8, 4) is 5.69 Å². The van der Waals surface area contributed by atoms with E-state index in [0.717, 1.165) is 0 Å². The second-order valence-corrected chi connectivity index (χ2v) is 5.33. The second-order valence-electron chi connectivity index (χ2n) is 4.49. The first-order valence-corrected chi connectivity index (χ1v) is 6.62. The van der Waals surface area contributed by atoms with Crippen molar-refractivity contribution >= 4 is 40.2 Å². The Labute approximate surface area is 124 Å². The first-order chi connectivity index (χ1) is 9.47. The van der Waals surface area contributed by atoms with Gasteiger partial charge in [0, 0.05) is 11.1 Å². The molecule has 0 bridgehead atoms. The van der Waals surface area contributed by atoms with E-state index in [1.165, 1.54) is 6.07 Å². The third kappa shape index (κ3) is 2.01. The molecule has 0 amide bonds. The third-order valence-electron chi connectivity index (χ3n) is 3.11. The fourth-order valence-electron chi connectivity index (χ4n) is 2.14. The van der Waals surface area contributed by atoms with Crippen LogP contribution in [0.25, 0.3) is 16.7 Å². The molecular weight excluding hydrogens is 300 g/mol. The van der Waals surface area contributed by atoms with Crippen LogP contribution in [0.2, 0.25) is 10.0 Å². The Bertz CT molecular complexity index is 827. The molecule has 0 aliphatic rings. The van der Waals surface area contributed by atoms with Crippen LogP contribution in [0.5, 0.6) is 0 Å². The smallest absolute Gasteiger partial charge is 0.205 e. The van der Waals surface area contributed by atoms with E-state index in [4.69, 9.17) is 28.9 Å². The number of anilines is 1. The molecule has 0 fully saturated rings. The fourth-order valence-corrected chi connectivity index (χ4v) is 2.63. The van der Waals surface area contributed by atoms with E-state index in [2.05, 4.69) is 4.98 Å². The molecule has 6 heteroatoms.